The van der Waals surface area contributed by atoms with E-state index < -0.39 is 0 Å². The molecule has 0 amide bonds. The van der Waals surface area contributed by atoms with Crippen LogP contribution in [0.1, 0.15) is 37.3 Å². The Morgan fingerprint density at radius 2 is 2.04 bits per heavy atom. The first kappa shape index (κ1) is 19.5. The van der Waals surface area contributed by atoms with Gasteiger partial charge in [-0.3, -0.25) is 4.99 Å². The lowest BCUT2D eigenvalue weighted by Gasteiger charge is -2.06. The number of guanidine groups is 1. The van der Waals surface area contributed by atoms with Gasteiger partial charge in [-0.05, 0) is 30.2 Å². The quantitative estimate of drug-likeness (QED) is 0.226. The number of fused-ring (bicyclic) bond motifs is 1. The minimum atomic E-state index is 0.332. The fourth-order valence-corrected chi connectivity index (χ4v) is 2.82. The number of aliphatic imine (C=N–C) groups is 1. The van der Waals surface area contributed by atoms with Crippen LogP contribution in [0.4, 0.5) is 0 Å². The van der Waals surface area contributed by atoms with Gasteiger partial charge in [0.1, 0.15) is 12.4 Å². The van der Waals surface area contributed by atoms with Crippen molar-refractivity contribution in [2.75, 3.05) is 6.54 Å². The average Bonchev–Trinajstić information content (AvgIpc) is 3.13. The average molecular weight is 377 g/mol. The number of benzene rings is 2. The summed E-state index contributed by atoms with van der Waals surface area (Å²) in [5.74, 6) is 1.15. The Hall–Kier alpha value is -3.28. The molecule has 0 bridgehead atoms. The molecule has 0 atom stereocenters. The number of ether oxygens (including phenoxy) is 1. The molecule has 0 fully saturated rings. The van der Waals surface area contributed by atoms with E-state index in [1.807, 2.05) is 54.7 Å². The van der Waals surface area contributed by atoms with E-state index in [0.717, 1.165) is 47.2 Å². The molecule has 0 radical (unpaired) electrons. The van der Waals surface area contributed by atoms with Crippen LogP contribution in [0, 0.1) is 0 Å². The van der Waals surface area contributed by atoms with Crippen LogP contribution in [0.5, 0.6) is 5.75 Å². The van der Waals surface area contributed by atoms with Crippen LogP contribution in [-0.4, -0.2) is 23.7 Å². The second kappa shape index (κ2) is 10.2. The van der Waals surface area contributed by atoms with Crippen molar-refractivity contribution in [3.8, 4) is 5.75 Å². The van der Waals surface area contributed by atoms with E-state index in [-0.39, 0.29) is 0 Å². The lowest BCUT2D eigenvalue weighted by molar-refractivity contribution is 0.306. The SMILES string of the molecule is CCCCCN=C(N)NN=Cc1c[nH]c2ccc(OCc3ccccc3)cc12. The Morgan fingerprint density at radius 1 is 1.18 bits per heavy atom. The molecule has 0 saturated heterocycles. The number of H-pyrrole nitrogens is 1. The Labute approximate surface area is 165 Å². The van der Waals surface area contributed by atoms with Gasteiger partial charge in [0.15, 0.2) is 0 Å². The second-order valence-corrected chi connectivity index (χ2v) is 6.57. The fraction of sp³-hybridized carbons (Fsp3) is 0.273. The molecule has 0 aliphatic rings. The van der Waals surface area contributed by atoms with E-state index in [0.29, 0.717) is 12.6 Å². The summed E-state index contributed by atoms with van der Waals surface area (Å²) in [4.78, 5) is 7.49. The Kier molecular flexibility index (Phi) is 7.07. The van der Waals surface area contributed by atoms with Crippen LogP contribution in [0.15, 0.2) is 64.8 Å². The molecule has 3 rings (SSSR count). The van der Waals surface area contributed by atoms with Gasteiger partial charge in [-0.1, -0.05) is 50.1 Å². The zero-order chi connectivity index (χ0) is 19.6. The Balaban J connectivity index is 1.62. The summed E-state index contributed by atoms with van der Waals surface area (Å²) in [5.41, 5.74) is 11.7. The molecule has 2 aromatic carbocycles. The smallest absolute Gasteiger partial charge is 0.209 e. The molecular weight excluding hydrogens is 350 g/mol. The fourth-order valence-electron chi connectivity index (χ4n) is 2.82. The molecule has 1 aromatic heterocycles. The van der Waals surface area contributed by atoms with Crippen molar-refractivity contribution in [3.05, 3.63) is 65.9 Å². The summed E-state index contributed by atoms with van der Waals surface area (Å²) < 4.78 is 5.92. The molecule has 6 heteroatoms. The van der Waals surface area contributed by atoms with Gasteiger partial charge >= 0.3 is 0 Å². The van der Waals surface area contributed by atoms with Crippen LogP contribution >= 0.6 is 0 Å². The van der Waals surface area contributed by atoms with Gasteiger partial charge in [0, 0.05) is 29.2 Å². The van der Waals surface area contributed by atoms with Crippen LogP contribution < -0.4 is 15.9 Å². The van der Waals surface area contributed by atoms with Gasteiger partial charge in [-0.15, -0.1) is 0 Å². The highest BCUT2D eigenvalue weighted by atomic mass is 16.5. The van der Waals surface area contributed by atoms with Gasteiger partial charge in [0.2, 0.25) is 5.96 Å². The highest BCUT2D eigenvalue weighted by molar-refractivity contribution is 5.99. The minimum Gasteiger partial charge on any atom is -0.489 e. The molecule has 0 unspecified atom stereocenters. The van der Waals surface area contributed by atoms with Crippen LogP contribution in [0.2, 0.25) is 0 Å². The van der Waals surface area contributed by atoms with Crippen LogP contribution in [-0.2, 0) is 6.61 Å². The maximum Gasteiger partial charge on any atom is 0.209 e. The maximum atomic E-state index is 5.92. The molecule has 0 spiro atoms. The maximum absolute atomic E-state index is 5.92. The lowest BCUT2D eigenvalue weighted by atomic mass is 10.2. The van der Waals surface area contributed by atoms with E-state index in [4.69, 9.17) is 10.5 Å². The number of hydrogen-bond donors (Lipinski definition) is 3. The first-order valence-corrected chi connectivity index (χ1v) is 9.63. The number of rotatable bonds is 9. The number of nitrogens with one attached hydrogen (secondary N) is 2. The highest BCUT2D eigenvalue weighted by Crippen LogP contribution is 2.23. The molecular formula is C22H27N5O. The molecule has 0 saturated carbocycles. The molecule has 0 aliphatic carbocycles. The van der Waals surface area contributed by atoms with E-state index >= 15 is 0 Å². The molecule has 3 aromatic rings. The number of aromatic amines is 1. The van der Waals surface area contributed by atoms with Gasteiger partial charge in [-0.2, -0.15) is 5.10 Å². The first-order valence-electron chi connectivity index (χ1n) is 9.63. The van der Waals surface area contributed by atoms with E-state index in [9.17, 15) is 0 Å². The van der Waals surface area contributed by atoms with Crippen molar-refractivity contribution in [1.82, 2.24) is 10.4 Å². The van der Waals surface area contributed by atoms with Crippen LogP contribution in [0.25, 0.3) is 10.9 Å². The summed E-state index contributed by atoms with van der Waals surface area (Å²) in [6, 6.07) is 16.1. The number of nitrogens with two attached hydrogens (primary N) is 1. The number of hydrogen-bond acceptors (Lipinski definition) is 3. The van der Waals surface area contributed by atoms with Crippen molar-refractivity contribution in [2.45, 2.75) is 32.8 Å². The number of nitrogens with zero attached hydrogens (tertiary/aromatic N) is 2. The molecule has 28 heavy (non-hydrogen) atoms. The third-order valence-electron chi connectivity index (χ3n) is 4.36. The topological polar surface area (TPSA) is 87.8 Å². The Bertz CT molecular complexity index is 931. The van der Waals surface area contributed by atoms with Gasteiger partial charge in [0.05, 0.1) is 6.21 Å². The standard InChI is InChI=1S/C22H27N5O/c1-2-3-7-12-24-22(23)27-26-15-18-14-25-21-11-10-19(13-20(18)21)28-16-17-8-5-4-6-9-17/h4-6,8-11,13-15,25H,2-3,7,12,16H2,1H3,(H3,23,24,27). The van der Waals surface area contributed by atoms with E-state index in [1.165, 1.54) is 6.42 Å². The van der Waals surface area contributed by atoms with Crippen molar-refractivity contribution < 1.29 is 4.74 Å². The largest absolute Gasteiger partial charge is 0.489 e. The van der Waals surface area contributed by atoms with Crippen molar-refractivity contribution >= 4 is 23.1 Å². The highest BCUT2D eigenvalue weighted by Gasteiger charge is 2.04. The van der Waals surface area contributed by atoms with Gasteiger partial charge in [-0.25, -0.2) is 5.43 Å². The number of unbranched alkanes of at least 4 members (excludes halogenated alkanes) is 2. The first-order chi connectivity index (χ1) is 13.8. The monoisotopic (exact) mass is 377 g/mol. The van der Waals surface area contributed by atoms with E-state index in [1.54, 1.807) is 6.21 Å². The van der Waals surface area contributed by atoms with Crippen molar-refractivity contribution in [2.24, 2.45) is 15.8 Å². The zero-order valence-electron chi connectivity index (χ0n) is 16.2. The van der Waals surface area contributed by atoms with Gasteiger partial charge < -0.3 is 15.5 Å². The normalized spacial score (nSPS) is 12.0. The van der Waals surface area contributed by atoms with Crippen molar-refractivity contribution in [1.29, 1.82) is 0 Å². The summed E-state index contributed by atoms with van der Waals surface area (Å²) in [6.07, 6.45) is 7.00. The Morgan fingerprint density at radius 3 is 2.86 bits per heavy atom. The molecule has 6 nitrogen and oxygen atoms in total. The van der Waals surface area contributed by atoms with E-state index in [2.05, 4.69) is 27.4 Å². The summed E-state index contributed by atoms with van der Waals surface area (Å²) in [6.45, 7) is 3.42. The second-order valence-electron chi connectivity index (χ2n) is 6.57. The molecule has 4 N–H and O–H groups in total. The summed E-state index contributed by atoms with van der Waals surface area (Å²) in [5, 5.41) is 5.23. The summed E-state index contributed by atoms with van der Waals surface area (Å²) >= 11 is 0. The zero-order valence-corrected chi connectivity index (χ0v) is 16.2. The number of aromatic nitrogens is 1. The van der Waals surface area contributed by atoms with Crippen molar-refractivity contribution in [3.63, 3.8) is 0 Å². The third kappa shape index (κ3) is 5.61. The minimum absolute atomic E-state index is 0.332. The molecule has 1 heterocycles. The predicted octanol–water partition coefficient (Wildman–Crippen LogP) is 4.18. The third-order valence-corrected chi connectivity index (χ3v) is 4.36. The molecule has 0 aliphatic heterocycles. The predicted molar refractivity (Wildman–Crippen MR) is 116 cm³/mol. The molecule has 146 valence electrons. The lowest BCUT2D eigenvalue weighted by Crippen LogP contribution is -2.27. The van der Waals surface area contributed by atoms with Gasteiger partial charge in [0.25, 0.3) is 0 Å². The number of hydrazone groups is 1. The van der Waals surface area contributed by atoms with Crippen LogP contribution in [0.3, 0.4) is 0 Å². The summed E-state index contributed by atoms with van der Waals surface area (Å²) in [7, 11) is 0.